The highest BCUT2D eigenvalue weighted by Crippen LogP contribution is 2.49. The molecule has 2 aliphatic heterocycles. The minimum absolute atomic E-state index is 0.0389. The third kappa shape index (κ3) is 4.25. The fourth-order valence-electron chi connectivity index (χ4n) is 5.47. The van der Waals surface area contributed by atoms with Crippen molar-refractivity contribution in [2.75, 3.05) is 62.8 Å². The first-order valence-corrected chi connectivity index (χ1v) is 11.5. The summed E-state index contributed by atoms with van der Waals surface area (Å²) in [7, 11) is 0. The molecule has 4 rings (SSSR count). The highest BCUT2D eigenvalue weighted by Gasteiger charge is 2.54. The number of morpholine rings is 1. The van der Waals surface area contributed by atoms with Gasteiger partial charge in [-0.2, -0.15) is 4.98 Å². The molecule has 1 saturated carbocycles. The minimum atomic E-state index is -0.464. The number of piperidine rings is 1. The van der Waals surface area contributed by atoms with Gasteiger partial charge in [-0.15, -0.1) is 0 Å². The van der Waals surface area contributed by atoms with Gasteiger partial charge in [-0.1, -0.05) is 0 Å². The van der Waals surface area contributed by atoms with Crippen LogP contribution in [0.25, 0.3) is 0 Å². The van der Waals surface area contributed by atoms with E-state index in [0.29, 0.717) is 31.1 Å². The van der Waals surface area contributed by atoms with Crippen LogP contribution in [0.4, 0.5) is 11.8 Å². The van der Waals surface area contributed by atoms with Crippen molar-refractivity contribution in [1.82, 2.24) is 14.9 Å². The first kappa shape index (κ1) is 21.3. The molecule has 8 heteroatoms. The van der Waals surface area contributed by atoms with Gasteiger partial charge in [0.2, 0.25) is 5.95 Å². The molecule has 3 aliphatic rings. The van der Waals surface area contributed by atoms with E-state index in [1.807, 2.05) is 13.0 Å². The van der Waals surface area contributed by atoms with Gasteiger partial charge in [0.1, 0.15) is 5.82 Å². The molecule has 30 heavy (non-hydrogen) atoms. The molecular formula is C22H35N5O3. The van der Waals surface area contributed by atoms with E-state index in [2.05, 4.69) is 32.0 Å². The van der Waals surface area contributed by atoms with E-state index >= 15 is 0 Å². The van der Waals surface area contributed by atoms with E-state index in [1.165, 1.54) is 0 Å². The number of anilines is 2. The smallest absolute Gasteiger partial charge is 0.314 e. The third-order valence-electron chi connectivity index (χ3n) is 7.01. The number of esters is 1. The molecular weight excluding hydrogens is 382 g/mol. The van der Waals surface area contributed by atoms with Crippen LogP contribution in [0.5, 0.6) is 0 Å². The Hall–Kier alpha value is -1.93. The van der Waals surface area contributed by atoms with Crippen LogP contribution in [0.1, 0.15) is 39.5 Å². The zero-order chi connectivity index (χ0) is 21.0. The zero-order valence-corrected chi connectivity index (χ0v) is 18.3. The van der Waals surface area contributed by atoms with E-state index < -0.39 is 5.41 Å². The van der Waals surface area contributed by atoms with Gasteiger partial charge in [-0.3, -0.25) is 9.69 Å². The molecule has 8 nitrogen and oxygen atoms in total. The summed E-state index contributed by atoms with van der Waals surface area (Å²) in [4.78, 5) is 27.2. The lowest BCUT2D eigenvalue weighted by atomic mass is 9.61. The lowest BCUT2D eigenvalue weighted by Crippen LogP contribution is -2.59. The van der Waals surface area contributed by atoms with Crippen molar-refractivity contribution in [3.05, 3.63) is 12.3 Å². The summed E-state index contributed by atoms with van der Waals surface area (Å²) in [5.74, 6) is 1.83. The monoisotopic (exact) mass is 417 g/mol. The summed E-state index contributed by atoms with van der Waals surface area (Å²) in [5.41, 5.74) is -0.464. The number of aromatic nitrogens is 2. The highest BCUT2D eigenvalue weighted by molar-refractivity contribution is 5.78. The van der Waals surface area contributed by atoms with E-state index in [1.54, 1.807) is 6.20 Å². The maximum Gasteiger partial charge on any atom is 0.314 e. The fraction of sp³-hybridized carbons (Fsp3) is 0.773. The van der Waals surface area contributed by atoms with Crippen molar-refractivity contribution in [3.8, 4) is 0 Å². The van der Waals surface area contributed by atoms with Gasteiger partial charge in [0, 0.05) is 45.0 Å². The van der Waals surface area contributed by atoms with Crippen LogP contribution in [0, 0.1) is 11.3 Å². The lowest BCUT2D eigenvalue weighted by Gasteiger charge is -2.52. The number of fused-ring (bicyclic) bond motifs is 1. The number of hydrogen-bond acceptors (Lipinski definition) is 8. The first-order valence-electron chi connectivity index (χ1n) is 11.5. The highest BCUT2D eigenvalue weighted by atomic mass is 16.5. The Labute approximate surface area is 179 Å². The zero-order valence-electron chi connectivity index (χ0n) is 18.3. The Balaban J connectivity index is 1.53. The van der Waals surface area contributed by atoms with E-state index in [-0.39, 0.29) is 5.97 Å². The molecule has 2 saturated heterocycles. The fourth-order valence-corrected chi connectivity index (χ4v) is 5.47. The van der Waals surface area contributed by atoms with Crippen molar-refractivity contribution < 1.29 is 14.3 Å². The van der Waals surface area contributed by atoms with Gasteiger partial charge in [0.25, 0.3) is 0 Å². The van der Waals surface area contributed by atoms with Crippen LogP contribution in [0.3, 0.4) is 0 Å². The standard InChI is InChI=1S/C22H35N5O3/c1-3-23-19-6-9-24-21(25-19)27-10-7-17-15-18(26-11-13-29-14-12-26)5-8-22(17,16-27)20(28)30-4-2/h6,9,17-18H,3-5,7-8,10-16H2,1-2H3,(H,23,24,25)/t17-,18+,22-/m1/s1. The molecule has 3 atom stereocenters. The predicted octanol–water partition coefficient (Wildman–Crippen LogP) is 2.17. The SMILES string of the molecule is CCNc1ccnc(N2CC[C@@H]3C[C@@H](N4CCOCC4)CC[C@@]3(C(=O)OCC)C2)n1. The molecule has 1 aromatic rings. The second-order valence-corrected chi connectivity index (χ2v) is 8.63. The largest absolute Gasteiger partial charge is 0.466 e. The average molecular weight is 418 g/mol. The number of rotatable bonds is 6. The molecule has 3 heterocycles. The molecule has 1 aromatic heterocycles. The maximum absolute atomic E-state index is 13.2. The topological polar surface area (TPSA) is 79.8 Å². The maximum atomic E-state index is 13.2. The van der Waals surface area contributed by atoms with Gasteiger partial charge in [-0.05, 0) is 51.5 Å². The Morgan fingerprint density at radius 1 is 1.30 bits per heavy atom. The number of carbonyl (C=O) groups is 1. The Morgan fingerprint density at radius 3 is 2.90 bits per heavy atom. The summed E-state index contributed by atoms with van der Waals surface area (Å²) < 4.78 is 11.2. The van der Waals surface area contributed by atoms with Crippen molar-refractivity contribution in [3.63, 3.8) is 0 Å². The second kappa shape index (κ2) is 9.47. The molecule has 0 unspecified atom stereocenters. The number of hydrogen-bond donors (Lipinski definition) is 1. The summed E-state index contributed by atoms with van der Waals surface area (Å²) in [5, 5.41) is 3.25. The molecule has 166 valence electrons. The van der Waals surface area contributed by atoms with Crippen molar-refractivity contribution in [2.24, 2.45) is 11.3 Å². The second-order valence-electron chi connectivity index (χ2n) is 8.63. The summed E-state index contributed by atoms with van der Waals surface area (Å²) in [6, 6.07) is 2.43. The Bertz CT molecular complexity index is 726. The number of ether oxygens (including phenoxy) is 2. The molecule has 0 bridgehead atoms. The molecule has 0 radical (unpaired) electrons. The van der Waals surface area contributed by atoms with Gasteiger partial charge >= 0.3 is 5.97 Å². The Kier molecular flexibility index (Phi) is 6.73. The summed E-state index contributed by atoms with van der Waals surface area (Å²) in [6.45, 7) is 10.3. The molecule has 1 N–H and O–H groups in total. The quantitative estimate of drug-likeness (QED) is 0.706. The summed E-state index contributed by atoms with van der Waals surface area (Å²) in [6.07, 6.45) is 5.71. The van der Waals surface area contributed by atoms with Crippen LogP contribution in [0.2, 0.25) is 0 Å². The Morgan fingerprint density at radius 2 is 2.13 bits per heavy atom. The average Bonchev–Trinajstić information content (AvgIpc) is 2.79. The van der Waals surface area contributed by atoms with Crippen LogP contribution < -0.4 is 10.2 Å². The third-order valence-corrected chi connectivity index (χ3v) is 7.01. The number of carbonyl (C=O) groups excluding carboxylic acids is 1. The van der Waals surface area contributed by atoms with Gasteiger partial charge < -0.3 is 19.7 Å². The lowest BCUT2D eigenvalue weighted by molar-refractivity contribution is -0.164. The molecule has 0 aromatic carbocycles. The van der Waals surface area contributed by atoms with Crippen molar-refractivity contribution in [1.29, 1.82) is 0 Å². The van der Waals surface area contributed by atoms with E-state index in [9.17, 15) is 4.79 Å². The normalized spacial score (nSPS) is 29.9. The molecule has 0 amide bonds. The first-order chi connectivity index (χ1) is 14.7. The number of nitrogens with one attached hydrogen (secondary N) is 1. The van der Waals surface area contributed by atoms with Gasteiger partial charge in [0.15, 0.2) is 0 Å². The van der Waals surface area contributed by atoms with E-state index in [4.69, 9.17) is 9.47 Å². The predicted molar refractivity (Wildman–Crippen MR) is 116 cm³/mol. The van der Waals surface area contributed by atoms with Gasteiger partial charge in [-0.25, -0.2) is 4.98 Å². The van der Waals surface area contributed by atoms with Crippen LogP contribution in [0.15, 0.2) is 12.3 Å². The van der Waals surface area contributed by atoms with Crippen LogP contribution >= 0.6 is 0 Å². The minimum Gasteiger partial charge on any atom is -0.466 e. The van der Waals surface area contributed by atoms with Crippen molar-refractivity contribution >= 4 is 17.7 Å². The summed E-state index contributed by atoms with van der Waals surface area (Å²) >= 11 is 0. The molecule has 3 fully saturated rings. The van der Waals surface area contributed by atoms with Crippen molar-refractivity contribution in [2.45, 2.75) is 45.6 Å². The molecule has 0 spiro atoms. The van der Waals surface area contributed by atoms with Gasteiger partial charge in [0.05, 0.1) is 25.2 Å². The van der Waals surface area contributed by atoms with E-state index in [0.717, 1.165) is 70.9 Å². The van der Waals surface area contributed by atoms with Crippen LogP contribution in [-0.2, 0) is 14.3 Å². The van der Waals surface area contributed by atoms with Crippen LogP contribution in [-0.4, -0.2) is 79.4 Å². The molecule has 1 aliphatic carbocycles. The number of nitrogens with zero attached hydrogens (tertiary/aromatic N) is 4.